The summed E-state index contributed by atoms with van der Waals surface area (Å²) in [6.07, 6.45) is 64.2. The molecule has 0 N–H and O–H groups in total. The maximum Gasteiger partial charge on any atom is 0.203 e. The van der Waals surface area contributed by atoms with E-state index in [-0.39, 0.29) is 0 Å². The SMILES string of the molecule is CCCCCCCCCCOc1cc(-c2ccc(-c3[c-]c(-c4ccc(-c5cc(OCCCCCCCCCC)c(OCCCCCCCCCC)c(OCCCCCCCCCC)c5)cn4)ccc3)nc2)cc(OCCCCCCCCCC)c1OCCCCCCCCCC. The van der Waals surface area contributed by atoms with Gasteiger partial charge in [-0.2, -0.15) is 0 Å². The third kappa shape index (κ3) is 35.5. The number of pyridine rings is 2. The summed E-state index contributed by atoms with van der Waals surface area (Å²) in [6.45, 7) is 17.6. The highest BCUT2D eigenvalue weighted by Gasteiger charge is 2.20. The molecule has 0 amide bonds. The average Bonchev–Trinajstić information content (AvgIpc) is 0.827. The molecule has 0 fully saturated rings. The Kier molecular flexibility index (Phi) is 47.2. The Bertz CT molecular complexity index is 2370. The summed E-state index contributed by atoms with van der Waals surface area (Å²) in [6, 6.07) is 27.2. The van der Waals surface area contributed by atoms with Gasteiger partial charge in [-0.3, -0.25) is 9.97 Å². The summed E-state index contributed by atoms with van der Waals surface area (Å²) in [5.74, 6) is 4.57. The third-order valence-corrected chi connectivity index (χ3v) is 19.1. The number of hydrogen-bond acceptors (Lipinski definition) is 8. The molecule has 0 bridgehead atoms. The first kappa shape index (κ1) is 81.4. The molecule has 3 aromatic carbocycles. The number of rotatable bonds is 64. The molecule has 0 atom stereocenters. The quantitative estimate of drug-likeness (QED) is 0.0281. The second-order valence-electron chi connectivity index (χ2n) is 27.9. The maximum absolute atomic E-state index is 6.76. The van der Waals surface area contributed by atoms with Crippen LogP contribution in [0.3, 0.4) is 0 Å². The van der Waals surface area contributed by atoms with Crippen LogP contribution in [0.15, 0.2) is 79.1 Å². The summed E-state index contributed by atoms with van der Waals surface area (Å²) >= 11 is 0. The Hall–Kier alpha value is -5.24. The van der Waals surface area contributed by atoms with Gasteiger partial charge in [0, 0.05) is 23.8 Å². The van der Waals surface area contributed by atoms with E-state index in [2.05, 4.69) is 114 Å². The monoisotopic (exact) mass is 1320 g/mol. The van der Waals surface area contributed by atoms with E-state index in [1.54, 1.807) is 0 Å². The van der Waals surface area contributed by atoms with Crippen molar-refractivity contribution in [2.75, 3.05) is 39.6 Å². The van der Waals surface area contributed by atoms with Gasteiger partial charge < -0.3 is 28.4 Å². The fourth-order valence-corrected chi connectivity index (χ4v) is 12.9. The molecule has 0 aliphatic carbocycles. The van der Waals surface area contributed by atoms with Crippen LogP contribution in [0.25, 0.3) is 44.8 Å². The third-order valence-electron chi connectivity index (χ3n) is 19.1. The molecule has 0 spiro atoms. The van der Waals surface area contributed by atoms with Crippen molar-refractivity contribution >= 4 is 0 Å². The molecule has 538 valence electrons. The second-order valence-corrected chi connectivity index (χ2v) is 27.9. The van der Waals surface area contributed by atoms with Crippen LogP contribution in [0, 0.1) is 6.07 Å². The van der Waals surface area contributed by atoms with E-state index in [0.717, 1.165) is 118 Å². The molecule has 5 aromatic rings. The lowest BCUT2D eigenvalue weighted by molar-refractivity contribution is 0.234. The first-order valence-corrected chi connectivity index (χ1v) is 40.6. The van der Waals surface area contributed by atoms with Crippen LogP contribution in [0.1, 0.15) is 350 Å². The highest BCUT2D eigenvalue weighted by molar-refractivity contribution is 5.75. The summed E-state index contributed by atoms with van der Waals surface area (Å²) in [5.41, 5.74) is 7.56. The number of benzene rings is 3. The molecule has 0 radical (unpaired) electrons. The number of ether oxygens (including phenoxy) is 6. The zero-order valence-electron chi connectivity index (χ0n) is 62.5. The summed E-state index contributed by atoms with van der Waals surface area (Å²) in [5, 5.41) is 0. The Morgan fingerprint density at radius 3 is 0.677 bits per heavy atom. The van der Waals surface area contributed by atoms with E-state index >= 15 is 0 Å². The Labute approximate surface area is 589 Å². The Morgan fingerprint density at radius 1 is 0.240 bits per heavy atom. The van der Waals surface area contributed by atoms with Crippen LogP contribution in [0.2, 0.25) is 0 Å². The smallest absolute Gasteiger partial charge is 0.203 e. The van der Waals surface area contributed by atoms with Gasteiger partial charge in [-0.15, -0.1) is 24.3 Å². The first-order valence-electron chi connectivity index (χ1n) is 40.6. The van der Waals surface area contributed by atoms with Gasteiger partial charge in [0.15, 0.2) is 23.0 Å². The maximum atomic E-state index is 6.76. The molecule has 0 aliphatic rings. The molecule has 5 rings (SSSR count). The standard InChI is InChI=1S/C88H139N2O6/c1-7-13-19-25-31-37-43-49-62-91-83-69-79(70-84(92-63-50-44-38-32-26-20-14-8-2)87(83)95-66-53-47-41-35-29-23-17-11-5)77-58-60-81(89-73-77)75-56-55-57-76(68-75)82-61-59-78(74-90-82)80-71-85(93-64-51-45-39-33-27-21-15-9-3)88(96-67-54-48-42-36-30-24-18-12-6)86(72-80)94-65-52-46-40-34-28-22-16-10-4/h55-61,69-74H,7-54,62-67H2,1-6H3/q-1. The molecule has 0 saturated carbocycles. The van der Waals surface area contributed by atoms with Gasteiger partial charge in [0.25, 0.3) is 0 Å². The van der Waals surface area contributed by atoms with Gasteiger partial charge in [0.2, 0.25) is 11.5 Å². The largest absolute Gasteiger partial charge is 0.490 e. The molecule has 2 heterocycles. The zero-order chi connectivity index (χ0) is 67.8. The number of aromatic nitrogens is 2. The molecule has 8 heteroatoms. The van der Waals surface area contributed by atoms with Crippen LogP contribution in [0.5, 0.6) is 34.5 Å². The lowest BCUT2D eigenvalue weighted by Crippen LogP contribution is -2.07. The van der Waals surface area contributed by atoms with E-state index in [1.807, 2.05) is 12.4 Å². The lowest BCUT2D eigenvalue weighted by atomic mass is 10.0. The van der Waals surface area contributed by atoms with Crippen molar-refractivity contribution in [1.82, 2.24) is 9.97 Å². The second kappa shape index (κ2) is 55.6. The van der Waals surface area contributed by atoms with Gasteiger partial charge in [-0.1, -0.05) is 347 Å². The van der Waals surface area contributed by atoms with Crippen LogP contribution in [-0.2, 0) is 0 Å². The highest BCUT2D eigenvalue weighted by atomic mass is 16.5. The van der Waals surface area contributed by atoms with Crippen molar-refractivity contribution in [3.05, 3.63) is 85.2 Å². The van der Waals surface area contributed by atoms with Gasteiger partial charge >= 0.3 is 0 Å². The van der Waals surface area contributed by atoms with Crippen molar-refractivity contribution in [2.24, 2.45) is 0 Å². The molecule has 0 aliphatic heterocycles. The molecular formula is C88H139N2O6-. The first-order chi connectivity index (χ1) is 47.5. The molecular weight excluding hydrogens is 1180 g/mol. The minimum absolute atomic E-state index is 0.649. The predicted molar refractivity (Wildman–Crippen MR) is 411 cm³/mol. The topological polar surface area (TPSA) is 81.2 Å². The minimum Gasteiger partial charge on any atom is -0.490 e. The molecule has 0 unspecified atom stereocenters. The predicted octanol–water partition coefficient (Wildman–Crippen LogP) is 28.1. The summed E-state index contributed by atoms with van der Waals surface area (Å²) < 4.78 is 40.5. The molecule has 2 aromatic heterocycles. The molecule has 96 heavy (non-hydrogen) atoms. The molecule has 8 nitrogen and oxygen atoms in total. The lowest BCUT2D eigenvalue weighted by Gasteiger charge is -2.19. The summed E-state index contributed by atoms with van der Waals surface area (Å²) in [4.78, 5) is 10.2. The van der Waals surface area contributed by atoms with E-state index in [1.165, 1.54) is 270 Å². The molecule has 0 saturated heterocycles. The number of nitrogens with zero attached hydrogens (tertiary/aromatic N) is 2. The highest BCUT2D eigenvalue weighted by Crippen LogP contribution is 2.44. The summed E-state index contributed by atoms with van der Waals surface area (Å²) in [7, 11) is 0. The van der Waals surface area contributed by atoms with Crippen LogP contribution >= 0.6 is 0 Å². The fraction of sp³-hybridized carbons (Fsp3) is 0.682. The average molecular weight is 1320 g/mol. The fourth-order valence-electron chi connectivity index (χ4n) is 12.9. The number of unbranched alkanes of at least 4 members (excludes halogenated alkanes) is 42. The van der Waals surface area contributed by atoms with E-state index in [0.29, 0.717) is 39.6 Å². The van der Waals surface area contributed by atoms with Crippen molar-refractivity contribution in [3.8, 4) is 79.3 Å². The van der Waals surface area contributed by atoms with Gasteiger partial charge in [0.05, 0.1) is 39.6 Å². The van der Waals surface area contributed by atoms with Crippen LogP contribution < -0.4 is 28.4 Å². The van der Waals surface area contributed by atoms with Gasteiger partial charge in [-0.25, -0.2) is 0 Å². The zero-order valence-corrected chi connectivity index (χ0v) is 62.5. The van der Waals surface area contributed by atoms with Crippen molar-refractivity contribution in [1.29, 1.82) is 0 Å². The van der Waals surface area contributed by atoms with Crippen molar-refractivity contribution < 1.29 is 28.4 Å². The minimum atomic E-state index is 0.649. The van der Waals surface area contributed by atoms with Gasteiger partial charge in [0.1, 0.15) is 0 Å². The van der Waals surface area contributed by atoms with Crippen molar-refractivity contribution in [2.45, 2.75) is 350 Å². The Balaban J connectivity index is 1.37. The van der Waals surface area contributed by atoms with Crippen LogP contribution in [-0.4, -0.2) is 49.6 Å². The number of hydrogen-bond donors (Lipinski definition) is 0. The van der Waals surface area contributed by atoms with E-state index < -0.39 is 0 Å². The normalized spacial score (nSPS) is 11.4. The van der Waals surface area contributed by atoms with Crippen LogP contribution in [0.4, 0.5) is 0 Å². The Morgan fingerprint density at radius 2 is 0.458 bits per heavy atom. The van der Waals surface area contributed by atoms with Crippen molar-refractivity contribution in [3.63, 3.8) is 0 Å². The van der Waals surface area contributed by atoms with Gasteiger partial charge in [-0.05, 0) is 85.0 Å². The van der Waals surface area contributed by atoms with E-state index in [9.17, 15) is 0 Å². The van der Waals surface area contributed by atoms with E-state index in [4.69, 9.17) is 38.4 Å².